The van der Waals surface area contributed by atoms with Crippen LogP contribution in [-0.4, -0.2) is 80.8 Å². The molecular weight excluding hydrogens is 464 g/mol. The van der Waals surface area contributed by atoms with Crippen LogP contribution in [0.4, 0.5) is 0 Å². The van der Waals surface area contributed by atoms with Gasteiger partial charge in [-0.15, -0.1) is 0 Å². The predicted octanol–water partition coefficient (Wildman–Crippen LogP) is 0.608. The van der Waals surface area contributed by atoms with Crippen molar-refractivity contribution in [1.29, 1.82) is 0 Å². The van der Waals surface area contributed by atoms with Crippen LogP contribution in [0.25, 0.3) is 0 Å². The first-order valence-electron chi connectivity index (χ1n) is 11.0. The average molecular weight is 492 g/mol. The van der Waals surface area contributed by atoms with E-state index in [2.05, 4.69) is 0 Å². The molecule has 0 amide bonds. The van der Waals surface area contributed by atoms with Crippen LogP contribution in [0.3, 0.4) is 0 Å². The molecule has 2 heterocycles. The number of rotatable bonds is 5. The fraction of sp³-hybridized carbons (Fsp3) is 0.458. The summed E-state index contributed by atoms with van der Waals surface area (Å²) < 4.78 is 22.5. The molecule has 1 saturated heterocycles. The summed E-state index contributed by atoms with van der Waals surface area (Å²) >= 11 is 0. The van der Waals surface area contributed by atoms with E-state index in [1.54, 1.807) is 13.0 Å². The van der Waals surface area contributed by atoms with Crippen LogP contribution in [0, 0.1) is 13.8 Å². The van der Waals surface area contributed by atoms with Crippen molar-refractivity contribution >= 4 is 5.78 Å². The maximum Gasteiger partial charge on any atom is 0.229 e. The quantitative estimate of drug-likeness (QED) is 0.345. The molecule has 1 unspecified atom stereocenters. The fourth-order valence-electron chi connectivity index (χ4n) is 4.39. The number of carbonyl (C=O) groups excluding carboxylic acids is 1. The van der Waals surface area contributed by atoms with E-state index in [4.69, 9.17) is 18.9 Å². The van der Waals surface area contributed by atoms with Crippen molar-refractivity contribution in [2.45, 2.75) is 57.1 Å². The summed E-state index contributed by atoms with van der Waals surface area (Å²) in [6, 6.07) is 4.48. The van der Waals surface area contributed by atoms with Crippen molar-refractivity contribution in [3.63, 3.8) is 0 Å². The number of hydrogen-bond donors (Lipinski definition) is 6. The zero-order valence-corrected chi connectivity index (χ0v) is 19.3. The lowest BCUT2D eigenvalue weighted by molar-refractivity contribution is -0.277. The molecule has 2 aromatic carbocycles. The van der Waals surface area contributed by atoms with Crippen LogP contribution >= 0.6 is 0 Å². The normalized spacial score (nSPS) is 28.3. The van der Waals surface area contributed by atoms with Gasteiger partial charge < -0.3 is 49.6 Å². The molecule has 35 heavy (non-hydrogen) atoms. The zero-order chi connectivity index (χ0) is 25.6. The van der Waals surface area contributed by atoms with Crippen molar-refractivity contribution in [2.24, 2.45) is 0 Å². The smallest absolute Gasteiger partial charge is 0.229 e. The lowest BCUT2D eigenvalue weighted by Gasteiger charge is -2.40. The maximum absolute atomic E-state index is 13.0. The van der Waals surface area contributed by atoms with Crippen LogP contribution in [0.15, 0.2) is 18.2 Å². The topological polar surface area (TPSA) is 175 Å². The van der Waals surface area contributed by atoms with Gasteiger partial charge in [0.1, 0.15) is 64.8 Å². The summed E-state index contributed by atoms with van der Waals surface area (Å²) in [6.07, 6.45) is -8.45. The molecule has 190 valence electrons. The van der Waals surface area contributed by atoms with Gasteiger partial charge in [-0.05, 0) is 26.0 Å². The summed E-state index contributed by atoms with van der Waals surface area (Å²) in [5.74, 6) is -0.374. The third kappa shape index (κ3) is 4.37. The van der Waals surface area contributed by atoms with Gasteiger partial charge in [-0.2, -0.15) is 0 Å². The van der Waals surface area contributed by atoms with Gasteiger partial charge in [-0.3, -0.25) is 4.79 Å². The van der Waals surface area contributed by atoms with Crippen LogP contribution in [-0.2, 0) is 4.74 Å². The van der Waals surface area contributed by atoms with Crippen molar-refractivity contribution in [2.75, 3.05) is 13.7 Å². The molecule has 1 fully saturated rings. The monoisotopic (exact) mass is 492 g/mol. The minimum absolute atomic E-state index is 0.0236. The number of methoxy groups -OCH3 is 1. The molecule has 0 saturated carbocycles. The van der Waals surface area contributed by atoms with E-state index in [9.17, 15) is 35.4 Å². The summed E-state index contributed by atoms with van der Waals surface area (Å²) in [5.41, 5.74) is 0.950. The number of phenolic OH excluding ortho intramolecular Hbond substituents is 2. The Morgan fingerprint density at radius 3 is 2.40 bits per heavy atom. The summed E-state index contributed by atoms with van der Waals surface area (Å²) in [6.45, 7) is 2.45. The van der Waals surface area contributed by atoms with E-state index >= 15 is 0 Å². The Kier molecular flexibility index (Phi) is 6.80. The number of carbonyl (C=O) groups is 1. The first-order chi connectivity index (χ1) is 16.6. The Bertz CT molecular complexity index is 1130. The van der Waals surface area contributed by atoms with Crippen molar-refractivity contribution in [3.05, 3.63) is 40.5 Å². The number of aromatic hydroxyl groups is 2. The molecule has 0 aromatic heterocycles. The van der Waals surface area contributed by atoms with E-state index in [0.717, 1.165) is 0 Å². The molecule has 6 N–H and O–H groups in total. The highest BCUT2D eigenvalue weighted by molar-refractivity contribution is 6.04. The summed E-state index contributed by atoms with van der Waals surface area (Å²) in [7, 11) is 1.44. The Morgan fingerprint density at radius 1 is 1.03 bits per heavy atom. The molecule has 2 aliphatic heterocycles. The minimum atomic E-state index is -1.67. The highest BCUT2D eigenvalue weighted by atomic mass is 16.7. The van der Waals surface area contributed by atoms with Gasteiger partial charge in [0.05, 0.1) is 20.1 Å². The lowest BCUT2D eigenvalue weighted by Crippen LogP contribution is -2.60. The maximum atomic E-state index is 13.0. The minimum Gasteiger partial charge on any atom is -0.508 e. The standard InChI is InChI=1S/C24H28O11/c1-9-18(28)17-14(27)7-15(11-4-12(26)6-13(5-11)32-3)33-23(17)10(2)22(9)35-24-21(31)20(30)19(29)16(8-25)34-24/h4-6,15-16,19-21,24-26,28-31H,7-8H2,1-3H3/t15?,16-,19-,20+,21-,24+/m1/s1. The van der Waals surface area contributed by atoms with Gasteiger partial charge in [0.15, 0.2) is 5.78 Å². The molecule has 0 spiro atoms. The number of benzene rings is 2. The van der Waals surface area contributed by atoms with Gasteiger partial charge in [0.25, 0.3) is 0 Å². The highest BCUT2D eigenvalue weighted by Crippen LogP contribution is 2.48. The number of hydrogen-bond acceptors (Lipinski definition) is 11. The van der Waals surface area contributed by atoms with Crippen LogP contribution in [0.5, 0.6) is 28.7 Å². The second-order valence-electron chi connectivity index (χ2n) is 8.65. The van der Waals surface area contributed by atoms with Crippen molar-refractivity contribution < 1.29 is 54.4 Å². The SMILES string of the molecule is COc1cc(O)cc(C2CC(=O)c3c(O)c(C)c(O[C@@H]4O[C@H](CO)[C@@H](O)[C@H](O)[C@H]4O)c(C)c3O2)c1. The van der Waals surface area contributed by atoms with Gasteiger partial charge in [-0.25, -0.2) is 0 Å². The number of ketones is 1. The Balaban J connectivity index is 1.72. The molecule has 6 atom stereocenters. The van der Waals surface area contributed by atoms with Gasteiger partial charge >= 0.3 is 0 Å². The molecule has 0 aliphatic carbocycles. The van der Waals surface area contributed by atoms with E-state index in [1.165, 1.54) is 26.2 Å². The number of aliphatic hydroxyl groups excluding tert-OH is 4. The second kappa shape index (κ2) is 9.51. The predicted molar refractivity (Wildman–Crippen MR) is 119 cm³/mol. The molecule has 11 nitrogen and oxygen atoms in total. The van der Waals surface area contributed by atoms with Gasteiger partial charge in [0.2, 0.25) is 6.29 Å². The third-order valence-corrected chi connectivity index (χ3v) is 6.35. The van der Waals surface area contributed by atoms with Crippen LogP contribution in [0.2, 0.25) is 0 Å². The summed E-state index contributed by atoms with van der Waals surface area (Å²) in [4.78, 5) is 13.0. The Morgan fingerprint density at radius 2 is 1.74 bits per heavy atom. The molecule has 2 aliphatic rings. The van der Waals surface area contributed by atoms with E-state index in [0.29, 0.717) is 16.9 Å². The zero-order valence-electron chi connectivity index (χ0n) is 19.3. The Labute approximate surface area is 200 Å². The fourth-order valence-corrected chi connectivity index (χ4v) is 4.39. The molecular formula is C24H28O11. The highest BCUT2D eigenvalue weighted by Gasteiger charge is 2.45. The number of fused-ring (bicyclic) bond motifs is 1. The van der Waals surface area contributed by atoms with E-state index in [1.807, 2.05) is 0 Å². The second-order valence-corrected chi connectivity index (χ2v) is 8.65. The molecule has 11 heteroatoms. The van der Waals surface area contributed by atoms with Crippen molar-refractivity contribution in [1.82, 2.24) is 0 Å². The van der Waals surface area contributed by atoms with E-state index in [-0.39, 0.29) is 46.3 Å². The number of aliphatic hydroxyl groups is 4. The van der Waals surface area contributed by atoms with Crippen LogP contribution < -0.4 is 14.2 Å². The molecule has 0 bridgehead atoms. The molecule has 0 radical (unpaired) electrons. The summed E-state index contributed by atoms with van der Waals surface area (Å²) in [5, 5.41) is 60.7. The number of phenols is 2. The number of Topliss-reactive ketones (excluding diaryl/α,β-unsaturated/α-hetero) is 1. The van der Waals surface area contributed by atoms with Gasteiger partial charge in [-0.1, -0.05) is 0 Å². The van der Waals surface area contributed by atoms with Crippen molar-refractivity contribution in [3.8, 4) is 28.7 Å². The largest absolute Gasteiger partial charge is 0.508 e. The van der Waals surface area contributed by atoms with E-state index < -0.39 is 43.4 Å². The van der Waals surface area contributed by atoms with Gasteiger partial charge in [0, 0.05) is 22.8 Å². The first-order valence-corrected chi connectivity index (χ1v) is 11.0. The number of ether oxygens (including phenoxy) is 4. The van der Waals surface area contributed by atoms with Crippen LogP contribution in [0.1, 0.15) is 39.6 Å². The molecule has 4 rings (SSSR count). The first kappa shape index (κ1) is 25.0. The third-order valence-electron chi connectivity index (χ3n) is 6.35. The average Bonchev–Trinajstić information content (AvgIpc) is 2.84. The molecule has 2 aromatic rings. The lowest BCUT2D eigenvalue weighted by atomic mass is 9.91. The Hall–Kier alpha value is -3.09.